The van der Waals surface area contributed by atoms with Crippen molar-refractivity contribution >= 4 is 6.16 Å². The van der Waals surface area contributed by atoms with Crippen LogP contribution in [-0.2, 0) is 9.84 Å². The maximum absolute atomic E-state index is 9.67. The molecule has 0 N–H and O–H groups in total. The molecule has 0 heterocycles. The standard InChI is InChI=1S/C5H7O3/c6-5(7)8-4-2-1-3-4/h4H,1-3H2. The molecule has 1 fully saturated rings. The zero-order valence-electron chi connectivity index (χ0n) is 4.42. The Kier molecular flexibility index (Phi) is 1.37. The van der Waals surface area contributed by atoms with Gasteiger partial charge in [-0.3, -0.25) is 0 Å². The Hall–Kier alpha value is -0.730. The Labute approximate surface area is 47.3 Å². The quantitative estimate of drug-likeness (QED) is 0.480. The first-order chi connectivity index (χ1) is 3.79. The van der Waals surface area contributed by atoms with E-state index >= 15 is 0 Å². The highest BCUT2D eigenvalue weighted by Crippen LogP contribution is 2.21. The molecule has 3 nitrogen and oxygen atoms in total. The van der Waals surface area contributed by atoms with E-state index in [4.69, 9.17) is 0 Å². The zero-order chi connectivity index (χ0) is 5.98. The lowest BCUT2D eigenvalue weighted by molar-refractivity contribution is 0.00213. The van der Waals surface area contributed by atoms with E-state index in [1.807, 2.05) is 0 Å². The van der Waals surface area contributed by atoms with Crippen molar-refractivity contribution in [2.24, 2.45) is 0 Å². The predicted molar refractivity (Wildman–Crippen MR) is 24.8 cm³/mol. The first-order valence-electron chi connectivity index (χ1n) is 2.66. The summed E-state index contributed by atoms with van der Waals surface area (Å²) in [4.78, 5) is 9.67. The highest BCUT2D eigenvalue weighted by molar-refractivity contribution is 5.56. The van der Waals surface area contributed by atoms with Crippen molar-refractivity contribution in [1.82, 2.24) is 0 Å². The topological polar surface area (TPSA) is 46.2 Å². The van der Waals surface area contributed by atoms with E-state index in [9.17, 15) is 9.90 Å². The summed E-state index contributed by atoms with van der Waals surface area (Å²) in [5, 5.41) is 9.67. The van der Waals surface area contributed by atoms with Crippen LogP contribution >= 0.6 is 0 Å². The largest absolute Gasteiger partial charge is 0.550 e. The third-order valence-electron chi connectivity index (χ3n) is 1.32. The van der Waals surface area contributed by atoms with Crippen molar-refractivity contribution in [3.63, 3.8) is 0 Å². The van der Waals surface area contributed by atoms with Crippen LogP contribution in [-0.4, -0.2) is 12.3 Å². The third-order valence-corrected chi connectivity index (χ3v) is 1.32. The van der Waals surface area contributed by atoms with Crippen LogP contribution in [0.25, 0.3) is 0 Å². The molecular weight excluding hydrogens is 108 g/mol. The van der Waals surface area contributed by atoms with Crippen LogP contribution < -0.4 is 0 Å². The fourth-order valence-electron chi connectivity index (χ4n) is 0.625. The fourth-order valence-corrected chi connectivity index (χ4v) is 0.625. The molecule has 0 saturated heterocycles. The smallest absolute Gasteiger partial charge is 0.428 e. The molecule has 0 unspecified atom stereocenters. The SMILES string of the molecule is [O]C(=O)OC1CCC1. The summed E-state index contributed by atoms with van der Waals surface area (Å²) >= 11 is 0. The Morgan fingerprint density at radius 1 is 1.50 bits per heavy atom. The lowest BCUT2D eigenvalue weighted by Gasteiger charge is -2.22. The van der Waals surface area contributed by atoms with E-state index in [0.29, 0.717) is 0 Å². The minimum absolute atomic E-state index is 0.0556. The summed E-state index contributed by atoms with van der Waals surface area (Å²) in [5.74, 6) is 0. The van der Waals surface area contributed by atoms with Crippen LogP contribution in [0.5, 0.6) is 0 Å². The van der Waals surface area contributed by atoms with Gasteiger partial charge in [-0.05, 0) is 19.3 Å². The minimum Gasteiger partial charge on any atom is -0.428 e. The van der Waals surface area contributed by atoms with E-state index in [1.165, 1.54) is 0 Å². The molecular formula is C5H7O3. The van der Waals surface area contributed by atoms with E-state index in [-0.39, 0.29) is 6.10 Å². The van der Waals surface area contributed by atoms with Crippen molar-refractivity contribution in [2.45, 2.75) is 25.4 Å². The summed E-state index contributed by atoms with van der Waals surface area (Å²) < 4.78 is 4.29. The molecule has 1 aliphatic rings. The number of hydrogen-bond acceptors (Lipinski definition) is 2. The van der Waals surface area contributed by atoms with Crippen LogP contribution in [0.3, 0.4) is 0 Å². The van der Waals surface area contributed by atoms with Crippen molar-refractivity contribution in [3.05, 3.63) is 0 Å². The van der Waals surface area contributed by atoms with Gasteiger partial charge in [-0.2, -0.15) is 9.90 Å². The first-order valence-corrected chi connectivity index (χ1v) is 2.66. The molecule has 0 aromatic rings. The summed E-state index contributed by atoms with van der Waals surface area (Å²) in [6.45, 7) is 0. The average Bonchev–Trinajstić information content (AvgIpc) is 1.55. The van der Waals surface area contributed by atoms with E-state index in [1.54, 1.807) is 0 Å². The van der Waals surface area contributed by atoms with Crippen LogP contribution in [0, 0.1) is 0 Å². The van der Waals surface area contributed by atoms with Gasteiger partial charge in [-0.25, -0.2) is 0 Å². The van der Waals surface area contributed by atoms with Gasteiger partial charge in [0.2, 0.25) is 0 Å². The van der Waals surface area contributed by atoms with Crippen molar-refractivity contribution in [3.8, 4) is 0 Å². The lowest BCUT2D eigenvalue weighted by atomic mass is 9.96. The maximum atomic E-state index is 9.67. The first kappa shape index (κ1) is 5.41. The molecule has 1 radical (unpaired) electrons. The zero-order valence-corrected chi connectivity index (χ0v) is 4.42. The second-order valence-corrected chi connectivity index (χ2v) is 1.92. The normalized spacial score (nSPS) is 19.5. The molecule has 8 heavy (non-hydrogen) atoms. The molecule has 1 aliphatic carbocycles. The van der Waals surface area contributed by atoms with Crippen molar-refractivity contribution in [2.75, 3.05) is 0 Å². The number of carbonyl (C=O) groups excluding carboxylic acids is 1. The summed E-state index contributed by atoms with van der Waals surface area (Å²) in [6.07, 6.45) is 1.37. The number of ether oxygens (including phenoxy) is 1. The van der Waals surface area contributed by atoms with Gasteiger partial charge in [0.05, 0.1) is 0 Å². The number of hydrogen-bond donors (Lipinski definition) is 0. The second-order valence-electron chi connectivity index (χ2n) is 1.92. The molecule has 3 heteroatoms. The van der Waals surface area contributed by atoms with Gasteiger partial charge >= 0.3 is 6.16 Å². The van der Waals surface area contributed by atoms with E-state index in [0.717, 1.165) is 19.3 Å². The second kappa shape index (κ2) is 2.03. The highest BCUT2D eigenvalue weighted by Gasteiger charge is 2.21. The fraction of sp³-hybridized carbons (Fsp3) is 0.800. The van der Waals surface area contributed by atoms with E-state index in [2.05, 4.69) is 4.74 Å². The monoisotopic (exact) mass is 115 g/mol. The van der Waals surface area contributed by atoms with Gasteiger partial charge in [-0.1, -0.05) is 0 Å². The van der Waals surface area contributed by atoms with Crippen LogP contribution in [0.1, 0.15) is 19.3 Å². The van der Waals surface area contributed by atoms with Crippen LogP contribution in [0.4, 0.5) is 4.79 Å². The highest BCUT2D eigenvalue weighted by atomic mass is 16.7. The summed E-state index contributed by atoms with van der Waals surface area (Å²) in [7, 11) is 0. The number of rotatable bonds is 1. The van der Waals surface area contributed by atoms with Gasteiger partial charge in [0.15, 0.2) is 0 Å². The van der Waals surface area contributed by atoms with Crippen LogP contribution in [0.15, 0.2) is 0 Å². The molecule has 0 amide bonds. The van der Waals surface area contributed by atoms with Crippen molar-refractivity contribution in [1.29, 1.82) is 0 Å². The molecule has 0 aliphatic heterocycles. The number of carbonyl (C=O) groups is 1. The Bertz CT molecular complexity index is 95.8. The Morgan fingerprint density at radius 3 is 2.25 bits per heavy atom. The van der Waals surface area contributed by atoms with Gasteiger partial charge in [-0.15, -0.1) is 0 Å². The lowest BCUT2D eigenvalue weighted by Crippen LogP contribution is -2.23. The summed E-state index contributed by atoms with van der Waals surface area (Å²) in [6, 6.07) is 0. The molecule has 1 rings (SSSR count). The van der Waals surface area contributed by atoms with Gasteiger partial charge in [0, 0.05) is 0 Å². The third kappa shape index (κ3) is 1.12. The maximum Gasteiger partial charge on any atom is 0.550 e. The predicted octanol–water partition coefficient (Wildman–Crippen LogP) is 1.11. The summed E-state index contributed by atoms with van der Waals surface area (Å²) in [5.41, 5.74) is 0. The molecule has 0 spiro atoms. The van der Waals surface area contributed by atoms with Gasteiger partial charge in [0.25, 0.3) is 0 Å². The molecule has 45 valence electrons. The van der Waals surface area contributed by atoms with Gasteiger partial charge in [0.1, 0.15) is 6.10 Å². The molecule has 0 aromatic heterocycles. The Morgan fingerprint density at radius 2 is 2.12 bits per heavy atom. The molecule has 0 aromatic carbocycles. The molecule has 1 saturated carbocycles. The average molecular weight is 115 g/mol. The van der Waals surface area contributed by atoms with Crippen molar-refractivity contribution < 1.29 is 14.6 Å². The van der Waals surface area contributed by atoms with E-state index < -0.39 is 6.16 Å². The minimum atomic E-state index is -1.39. The Balaban J connectivity index is 2.09. The van der Waals surface area contributed by atoms with Gasteiger partial charge < -0.3 is 4.74 Å². The van der Waals surface area contributed by atoms with Crippen LogP contribution in [0.2, 0.25) is 0 Å². The molecule has 0 bridgehead atoms. The molecule has 0 atom stereocenters.